The van der Waals surface area contributed by atoms with Gasteiger partial charge in [0.2, 0.25) is 0 Å². The predicted molar refractivity (Wildman–Crippen MR) is 252 cm³/mol. The van der Waals surface area contributed by atoms with Crippen molar-refractivity contribution in [3.05, 3.63) is 213 Å². The third kappa shape index (κ3) is 14.5. The molecule has 0 aliphatic heterocycles. The molecule has 6 aromatic rings. The number of aliphatic carboxylic acids is 4. The maximum Gasteiger partial charge on any atom is 0.326 e. The Morgan fingerprint density at radius 1 is 0.304 bits per heavy atom. The molecule has 4 amide bonds. The summed E-state index contributed by atoms with van der Waals surface area (Å²) in [6, 6.07) is 36.4. The maximum absolute atomic E-state index is 14.0. The SMILES string of the molecule is O=C(NC(Cc1ccccc1)C(=O)O)c1cc(Cc2cc(C(=O)NC(Cc3ccccc3)C(=O)O)cc(C(=O)NC(Cc3ccccc3)C(=O)O)c2)cc(C(=O)NC(Cc2ccccc2)C(=O)O)c1. The first-order valence-electron chi connectivity index (χ1n) is 21.7. The molecule has 6 aromatic carbocycles. The lowest BCUT2D eigenvalue weighted by Gasteiger charge is -2.18. The van der Waals surface area contributed by atoms with Crippen LogP contribution in [0.1, 0.15) is 74.8 Å². The number of rotatable bonds is 22. The number of benzene rings is 6. The van der Waals surface area contributed by atoms with Crippen molar-refractivity contribution in [1.29, 1.82) is 0 Å². The van der Waals surface area contributed by atoms with Crippen molar-refractivity contribution in [3.63, 3.8) is 0 Å². The van der Waals surface area contributed by atoms with E-state index in [1.807, 2.05) is 0 Å². The third-order valence-electron chi connectivity index (χ3n) is 11.0. The molecule has 0 heterocycles. The Hall–Kier alpha value is -8.92. The van der Waals surface area contributed by atoms with Gasteiger partial charge in [-0.15, -0.1) is 0 Å². The highest BCUT2D eigenvalue weighted by molar-refractivity contribution is 6.03. The van der Waals surface area contributed by atoms with Gasteiger partial charge in [0.15, 0.2) is 0 Å². The van der Waals surface area contributed by atoms with Crippen LogP contribution in [0.25, 0.3) is 0 Å². The highest BCUT2D eigenvalue weighted by Gasteiger charge is 2.27. The molecule has 0 fully saturated rings. The Labute approximate surface area is 396 Å². The van der Waals surface area contributed by atoms with Gasteiger partial charge >= 0.3 is 23.9 Å². The summed E-state index contributed by atoms with van der Waals surface area (Å²) in [6.07, 6.45) is -0.569. The van der Waals surface area contributed by atoms with Gasteiger partial charge in [-0.1, -0.05) is 121 Å². The highest BCUT2D eigenvalue weighted by Crippen LogP contribution is 2.21. The fourth-order valence-corrected chi connectivity index (χ4v) is 7.51. The molecule has 69 heavy (non-hydrogen) atoms. The minimum atomic E-state index is -1.41. The number of carbonyl (C=O) groups excluding carboxylic acids is 4. The highest BCUT2D eigenvalue weighted by atomic mass is 16.4. The molecule has 4 atom stereocenters. The van der Waals surface area contributed by atoms with Gasteiger partial charge in [0.25, 0.3) is 23.6 Å². The van der Waals surface area contributed by atoms with E-state index in [-0.39, 0.29) is 65.5 Å². The molecular weight excluding hydrogens is 885 g/mol. The average Bonchev–Trinajstić information content (AvgIpc) is 3.34. The van der Waals surface area contributed by atoms with Crippen LogP contribution in [0.15, 0.2) is 158 Å². The van der Waals surface area contributed by atoms with Crippen LogP contribution in [0.3, 0.4) is 0 Å². The number of carboxylic acid groups (broad SMARTS) is 4. The van der Waals surface area contributed by atoms with Crippen LogP contribution in [0.4, 0.5) is 0 Å². The Morgan fingerprint density at radius 3 is 0.696 bits per heavy atom. The first-order chi connectivity index (χ1) is 33.1. The standard InChI is InChI=1S/C53H48N4O12/c58-46(54-42(50(62)63)26-32-13-5-1-6-14-32)38-22-36(23-39(30-38)47(59)55-43(51(64)65)27-33-15-7-2-8-16-33)21-37-24-40(48(60)56-44(52(66)67)28-34-17-9-3-10-18-34)31-41(25-37)49(61)57-45(53(68)69)29-35-19-11-4-12-20-35/h1-20,22-25,30-31,42-45H,21,26-29H2,(H,54,58)(H,55,59)(H,56,60)(H,57,61)(H,62,63)(H,64,65)(H,66,67)(H,68,69). The van der Waals surface area contributed by atoms with E-state index in [4.69, 9.17) is 0 Å². The summed E-state index contributed by atoms with van der Waals surface area (Å²) in [7, 11) is 0. The minimum absolute atomic E-state index is 0.0867. The molecule has 352 valence electrons. The lowest BCUT2D eigenvalue weighted by molar-refractivity contribution is -0.140. The van der Waals surface area contributed by atoms with Crippen LogP contribution in [0.5, 0.6) is 0 Å². The summed E-state index contributed by atoms with van der Waals surface area (Å²) >= 11 is 0. The topological polar surface area (TPSA) is 266 Å². The van der Waals surface area contributed by atoms with E-state index in [1.54, 1.807) is 121 Å². The van der Waals surface area contributed by atoms with Crippen LogP contribution < -0.4 is 21.3 Å². The van der Waals surface area contributed by atoms with Crippen molar-refractivity contribution < 1.29 is 58.8 Å². The van der Waals surface area contributed by atoms with Crippen molar-refractivity contribution in [2.24, 2.45) is 0 Å². The summed E-state index contributed by atoms with van der Waals surface area (Å²) in [5.41, 5.74) is 2.14. The second kappa shape index (κ2) is 23.5. The molecule has 16 nitrogen and oxygen atoms in total. The number of amides is 4. The summed E-state index contributed by atoms with van der Waals surface area (Å²) in [5, 5.41) is 50.4. The van der Waals surface area contributed by atoms with E-state index >= 15 is 0 Å². The number of hydrogen-bond donors (Lipinski definition) is 8. The van der Waals surface area contributed by atoms with E-state index in [2.05, 4.69) is 21.3 Å². The van der Waals surface area contributed by atoms with Crippen LogP contribution in [0, 0.1) is 0 Å². The molecule has 0 aromatic heterocycles. The van der Waals surface area contributed by atoms with Crippen LogP contribution in [-0.4, -0.2) is 92.1 Å². The molecule has 16 heteroatoms. The zero-order valence-electron chi connectivity index (χ0n) is 36.9. The van der Waals surface area contributed by atoms with E-state index < -0.39 is 71.7 Å². The number of hydrogen-bond acceptors (Lipinski definition) is 8. The van der Waals surface area contributed by atoms with Gasteiger partial charge in [0.1, 0.15) is 24.2 Å². The fraction of sp³-hybridized carbons (Fsp3) is 0.170. The van der Waals surface area contributed by atoms with Crippen LogP contribution >= 0.6 is 0 Å². The van der Waals surface area contributed by atoms with Gasteiger partial charge in [-0.05, 0) is 76.2 Å². The zero-order valence-corrected chi connectivity index (χ0v) is 36.9. The Morgan fingerprint density at radius 2 is 0.507 bits per heavy atom. The van der Waals surface area contributed by atoms with Crippen molar-refractivity contribution in [3.8, 4) is 0 Å². The van der Waals surface area contributed by atoms with Crippen LogP contribution in [0.2, 0.25) is 0 Å². The van der Waals surface area contributed by atoms with Crippen molar-refractivity contribution in [1.82, 2.24) is 21.3 Å². The molecule has 0 bridgehead atoms. The van der Waals surface area contributed by atoms with Gasteiger partial charge in [-0.3, -0.25) is 19.2 Å². The average molecular weight is 933 g/mol. The zero-order chi connectivity index (χ0) is 49.5. The van der Waals surface area contributed by atoms with Gasteiger partial charge in [0.05, 0.1) is 0 Å². The van der Waals surface area contributed by atoms with E-state index in [9.17, 15) is 58.8 Å². The molecule has 0 aliphatic rings. The van der Waals surface area contributed by atoms with Crippen molar-refractivity contribution >= 4 is 47.5 Å². The Balaban J connectivity index is 1.38. The summed E-state index contributed by atoms with van der Waals surface area (Å²) in [6.45, 7) is 0. The fourth-order valence-electron chi connectivity index (χ4n) is 7.51. The first kappa shape index (κ1) is 49.5. The first-order valence-corrected chi connectivity index (χ1v) is 21.7. The number of carbonyl (C=O) groups is 8. The molecule has 0 spiro atoms. The van der Waals surface area contributed by atoms with Crippen LogP contribution in [-0.2, 0) is 51.3 Å². The second-order valence-electron chi connectivity index (χ2n) is 16.2. The van der Waals surface area contributed by atoms with Gasteiger partial charge in [-0.2, -0.15) is 0 Å². The van der Waals surface area contributed by atoms with Gasteiger partial charge in [0, 0.05) is 47.9 Å². The predicted octanol–water partition coefficient (Wildman–Crippen LogP) is 4.98. The second-order valence-corrected chi connectivity index (χ2v) is 16.2. The van der Waals surface area contributed by atoms with Crippen molar-refractivity contribution in [2.45, 2.75) is 56.3 Å². The molecule has 6 rings (SSSR count). The van der Waals surface area contributed by atoms with Crippen molar-refractivity contribution in [2.75, 3.05) is 0 Å². The molecular formula is C53H48N4O12. The number of nitrogens with one attached hydrogen (secondary N) is 4. The Kier molecular flexibility index (Phi) is 16.9. The third-order valence-corrected chi connectivity index (χ3v) is 11.0. The summed E-state index contributed by atoms with van der Waals surface area (Å²) in [4.78, 5) is 105. The quantitative estimate of drug-likeness (QED) is 0.0448. The monoisotopic (exact) mass is 932 g/mol. The molecule has 8 N–H and O–H groups in total. The lowest BCUT2D eigenvalue weighted by Crippen LogP contribution is -2.43. The van der Waals surface area contributed by atoms with Gasteiger partial charge < -0.3 is 41.7 Å². The molecule has 0 aliphatic carbocycles. The normalized spacial score (nSPS) is 12.5. The summed E-state index contributed by atoms with van der Waals surface area (Å²) < 4.78 is 0. The maximum atomic E-state index is 14.0. The lowest BCUT2D eigenvalue weighted by atomic mass is 9.95. The number of carboxylic acids is 4. The molecule has 0 radical (unpaired) electrons. The van der Waals surface area contributed by atoms with Gasteiger partial charge in [-0.25, -0.2) is 19.2 Å². The molecule has 0 saturated heterocycles. The summed E-state index contributed by atoms with van der Waals surface area (Å²) in [5.74, 6) is -8.91. The minimum Gasteiger partial charge on any atom is -0.480 e. The van der Waals surface area contributed by atoms with E-state index in [0.717, 1.165) is 0 Å². The largest absolute Gasteiger partial charge is 0.480 e. The Bertz CT molecular complexity index is 2450. The molecule has 0 saturated carbocycles. The van der Waals surface area contributed by atoms with E-state index in [1.165, 1.54) is 36.4 Å². The smallest absolute Gasteiger partial charge is 0.326 e. The van der Waals surface area contributed by atoms with E-state index in [0.29, 0.717) is 22.3 Å². The molecule has 4 unspecified atom stereocenters.